The molecule has 2 aromatic carbocycles. The van der Waals surface area contributed by atoms with Crippen LogP contribution in [0.2, 0.25) is 5.02 Å². The van der Waals surface area contributed by atoms with Crippen LogP contribution >= 0.6 is 22.9 Å². The summed E-state index contributed by atoms with van der Waals surface area (Å²) in [6.07, 6.45) is 1.35. The van der Waals surface area contributed by atoms with Crippen molar-refractivity contribution >= 4 is 40.5 Å². The summed E-state index contributed by atoms with van der Waals surface area (Å²) in [5.74, 6) is -0.579. The molecule has 12 nitrogen and oxygen atoms in total. The van der Waals surface area contributed by atoms with Crippen LogP contribution in [0.4, 0.5) is 5.69 Å². The number of ether oxygens (including phenoxy) is 2. The molecule has 0 unspecified atom stereocenters. The number of carbonyl (C=O) groups excluding carboxylic acids is 2. The lowest BCUT2D eigenvalue weighted by Crippen LogP contribution is -2.49. The molecule has 0 fully saturated rings. The van der Waals surface area contributed by atoms with Crippen LogP contribution in [0.15, 0.2) is 69.3 Å². The lowest BCUT2D eigenvalue weighted by atomic mass is 10.2. The summed E-state index contributed by atoms with van der Waals surface area (Å²) in [7, 11) is 0. The molecule has 40 heavy (non-hydrogen) atoms. The fraction of sp³-hybridized carbons (Fsp3) is 0.231. The van der Waals surface area contributed by atoms with Gasteiger partial charge in [-0.15, -0.1) is 0 Å². The first-order chi connectivity index (χ1) is 19.3. The van der Waals surface area contributed by atoms with E-state index in [-0.39, 0.29) is 41.9 Å². The third-order valence-corrected chi connectivity index (χ3v) is 6.56. The van der Waals surface area contributed by atoms with Gasteiger partial charge in [0.15, 0.2) is 0 Å². The molecule has 4 aromatic rings. The number of rotatable bonds is 10. The Labute approximate surface area is 236 Å². The minimum absolute atomic E-state index is 0.0849. The summed E-state index contributed by atoms with van der Waals surface area (Å²) in [6.45, 7) is 3.74. The molecule has 1 amide bonds. The SMILES string of the molecule is CCOC(=O)CNC(=O)c1cnc(Oc2ccc(/N=c3\[nH]c(=O)n(CC)c(=O)n3Cc3ccc(Cl)cc3)cc2)s1. The first kappa shape index (κ1) is 28.5. The lowest BCUT2D eigenvalue weighted by Gasteiger charge is -2.10. The van der Waals surface area contributed by atoms with E-state index in [0.717, 1.165) is 21.5 Å². The molecular formula is C26H25ClN6O6S. The fourth-order valence-electron chi connectivity index (χ4n) is 3.51. The second-order valence-corrected chi connectivity index (χ2v) is 9.61. The number of aromatic amines is 1. The van der Waals surface area contributed by atoms with Crippen molar-refractivity contribution in [2.24, 2.45) is 4.99 Å². The molecule has 0 aliphatic carbocycles. The predicted octanol–water partition coefficient (Wildman–Crippen LogP) is 2.83. The molecule has 0 bridgehead atoms. The van der Waals surface area contributed by atoms with Crippen molar-refractivity contribution in [1.29, 1.82) is 0 Å². The smallest absolute Gasteiger partial charge is 0.335 e. The minimum atomic E-state index is -0.565. The van der Waals surface area contributed by atoms with E-state index in [1.807, 2.05) is 0 Å². The zero-order valence-electron chi connectivity index (χ0n) is 21.5. The fourth-order valence-corrected chi connectivity index (χ4v) is 4.34. The van der Waals surface area contributed by atoms with Gasteiger partial charge in [0, 0.05) is 11.6 Å². The van der Waals surface area contributed by atoms with Crippen LogP contribution in [0.25, 0.3) is 0 Å². The quantitative estimate of drug-likeness (QED) is 0.272. The highest BCUT2D eigenvalue weighted by Crippen LogP contribution is 2.27. The summed E-state index contributed by atoms with van der Waals surface area (Å²) in [4.78, 5) is 60.7. The van der Waals surface area contributed by atoms with Gasteiger partial charge in [-0.1, -0.05) is 35.1 Å². The number of halogens is 1. The number of nitrogens with one attached hydrogen (secondary N) is 2. The summed E-state index contributed by atoms with van der Waals surface area (Å²) in [5.41, 5.74) is 0.287. The molecule has 2 heterocycles. The Bertz CT molecular complexity index is 1690. The molecule has 0 radical (unpaired) electrons. The molecule has 0 aliphatic rings. The van der Waals surface area contributed by atoms with Crippen molar-refractivity contribution in [3.63, 3.8) is 0 Å². The summed E-state index contributed by atoms with van der Waals surface area (Å²) in [6, 6.07) is 13.6. The molecule has 4 rings (SSSR count). The number of H-pyrrole nitrogens is 1. The van der Waals surface area contributed by atoms with Gasteiger partial charge >= 0.3 is 17.3 Å². The van der Waals surface area contributed by atoms with Crippen molar-refractivity contribution in [2.75, 3.05) is 13.2 Å². The van der Waals surface area contributed by atoms with E-state index in [4.69, 9.17) is 21.1 Å². The number of amides is 1. The van der Waals surface area contributed by atoms with Crippen molar-refractivity contribution in [3.8, 4) is 10.9 Å². The number of esters is 1. The van der Waals surface area contributed by atoms with Crippen molar-refractivity contribution in [1.82, 2.24) is 24.4 Å². The summed E-state index contributed by atoms with van der Waals surface area (Å²) in [5, 5.41) is 3.25. The van der Waals surface area contributed by atoms with Crippen LogP contribution < -0.4 is 27.1 Å². The molecular weight excluding hydrogens is 560 g/mol. The number of hydrogen-bond donors (Lipinski definition) is 2. The van der Waals surface area contributed by atoms with E-state index in [1.165, 1.54) is 10.8 Å². The Morgan fingerprint density at radius 3 is 2.48 bits per heavy atom. The zero-order valence-corrected chi connectivity index (χ0v) is 23.1. The Morgan fingerprint density at radius 2 is 1.80 bits per heavy atom. The zero-order chi connectivity index (χ0) is 28.6. The number of benzene rings is 2. The number of aromatic nitrogens is 4. The Balaban J connectivity index is 1.53. The van der Waals surface area contributed by atoms with Gasteiger partial charge in [0.1, 0.15) is 17.2 Å². The molecule has 208 valence electrons. The van der Waals surface area contributed by atoms with Gasteiger partial charge in [0.2, 0.25) is 5.62 Å². The maximum absolute atomic E-state index is 13.1. The monoisotopic (exact) mass is 584 g/mol. The van der Waals surface area contributed by atoms with Gasteiger partial charge < -0.3 is 14.8 Å². The number of nitrogens with zero attached hydrogens (tertiary/aromatic N) is 4. The second kappa shape index (κ2) is 13.0. The van der Waals surface area contributed by atoms with E-state index in [0.29, 0.717) is 16.5 Å². The predicted molar refractivity (Wildman–Crippen MR) is 148 cm³/mol. The number of carbonyl (C=O) groups is 2. The van der Waals surface area contributed by atoms with Gasteiger partial charge in [-0.05, 0) is 55.8 Å². The van der Waals surface area contributed by atoms with E-state index < -0.39 is 23.3 Å². The van der Waals surface area contributed by atoms with Crippen LogP contribution in [0.3, 0.4) is 0 Å². The van der Waals surface area contributed by atoms with E-state index in [9.17, 15) is 19.2 Å². The first-order valence-electron chi connectivity index (χ1n) is 12.2. The van der Waals surface area contributed by atoms with E-state index >= 15 is 0 Å². The summed E-state index contributed by atoms with van der Waals surface area (Å²) < 4.78 is 13.0. The van der Waals surface area contributed by atoms with Gasteiger partial charge in [-0.3, -0.25) is 19.1 Å². The average Bonchev–Trinajstić information content (AvgIpc) is 3.40. The molecule has 14 heteroatoms. The Kier molecular flexibility index (Phi) is 9.30. The van der Waals surface area contributed by atoms with E-state index in [1.54, 1.807) is 62.4 Å². The largest absolute Gasteiger partial charge is 0.465 e. The highest BCUT2D eigenvalue weighted by atomic mass is 35.5. The van der Waals surface area contributed by atoms with Gasteiger partial charge in [-0.2, -0.15) is 0 Å². The van der Waals surface area contributed by atoms with Crippen molar-refractivity contribution < 1.29 is 19.1 Å². The third-order valence-electron chi connectivity index (χ3n) is 5.44. The van der Waals surface area contributed by atoms with Gasteiger partial charge in [0.25, 0.3) is 11.1 Å². The van der Waals surface area contributed by atoms with Crippen LogP contribution in [-0.2, 0) is 22.6 Å². The maximum atomic E-state index is 13.1. The molecule has 0 saturated heterocycles. The van der Waals surface area contributed by atoms with Crippen LogP contribution in [-0.4, -0.2) is 44.1 Å². The normalized spacial score (nSPS) is 11.3. The van der Waals surface area contributed by atoms with Gasteiger partial charge in [-0.25, -0.2) is 24.1 Å². The Hall–Kier alpha value is -4.49. The second-order valence-electron chi connectivity index (χ2n) is 8.18. The van der Waals surface area contributed by atoms with Crippen molar-refractivity contribution in [2.45, 2.75) is 26.9 Å². The molecule has 2 aromatic heterocycles. The average molecular weight is 585 g/mol. The van der Waals surface area contributed by atoms with Crippen LogP contribution in [0.1, 0.15) is 29.1 Å². The lowest BCUT2D eigenvalue weighted by molar-refractivity contribution is -0.141. The first-order valence-corrected chi connectivity index (χ1v) is 13.4. The topological polar surface area (TPSA) is 150 Å². The third kappa shape index (κ3) is 7.12. The standard InChI is InChI=1S/C26H25ClN6O6S/c1-3-32-24(36)31-23(33(26(32)37)15-16-5-7-17(27)8-6-16)30-18-9-11-19(12-10-18)39-25-29-13-20(40-25)22(35)28-14-21(34)38-4-2/h5-13H,3-4,14-15H2,1-2H3,(H,28,35)(H,30,31,36). The van der Waals surface area contributed by atoms with Gasteiger partial charge in [0.05, 0.1) is 25.0 Å². The Morgan fingerprint density at radius 1 is 1.07 bits per heavy atom. The minimum Gasteiger partial charge on any atom is -0.465 e. The molecule has 0 saturated carbocycles. The molecule has 2 N–H and O–H groups in total. The number of hydrogen-bond acceptors (Lipinski definition) is 9. The number of thiazole rings is 1. The highest BCUT2D eigenvalue weighted by Gasteiger charge is 2.14. The van der Waals surface area contributed by atoms with Crippen molar-refractivity contribution in [3.05, 3.63) is 96.8 Å². The highest BCUT2D eigenvalue weighted by molar-refractivity contribution is 7.15. The molecule has 0 aliphatic heterocycles. The van der Waals surface area contributed by atoms with Crippen LogP contribution in [0.5, 0.6) is 10.9 Å². The summed E-state index contributed by atoms with van der Waals surface area (Å²) >= 11 is 6.99. The maximum Gasteiger partial charge on any atom is 0.335 e. The van der Waals surface area contributed by atoms with Crippen LogP contribution in [0, 0.1) is 0 Å². The molecule has 0 spiro atoms. The molecule has 0 atom stereocenters. The van der Waals surface area contributed by atoms with E-state index in [2.05, 4.69) is 20.3 Å².